The van der Waals surface area contributed by atoms with Crippen LogP contribution >= 0.6 is 11.6 Å². The van der Waals surface area contributed by atoms with Crippen molar-refractivity contribution in [2.45, 2.75) is 18.8 Å². The second kappa shape index (κ2) is 4.84. The predicted molar refractivity (Wildman–Crippen MR) is 46.4 cm³/mol. The van der Waals surface area contributed by atoms with Gasteiger partial charge in [-0.1, -0.05) is 0 Å². The molecule has 0 spiro atoms. The average molecular weight is 260 g/mol. The second-order valence-electron chi connectivity index (χ2n) is 2.71. The molecular formula is C8H6ClF4NO2. The van der Waals surface area contributed by atoms with Crippen molar-refractivity contribution in [3.63, 3.8) is 0 Å². The van der Waals surface area contributed by atoms with Crippen LogP contribution in [0.4, 0.5) is 17.6 Å². The second-order valence-corrected chi connectivity index (χ2v) is 2.98. The summed E-state index contributed by atoms with van der Waals surface area (Å²) in [5.74, 6) is -2.33. The van der Waals surface area contributed by atoms with Crippen molar-refractivity contribution >= 4 is 11.6 Å². The van der Waals surface area contributed by atoms with Crippen molar-refractivity contribution in [3.8, 4) is 5.75 Å². The van der Waals surface area contributed by atoms with E-state index in [1.807, 2.05) is 0 Å². The summed E-state index contributed by atoms with van der Waals surface area (Å²) in [6.45, 7) is -0.777. The van der Waals surface area contributed by atoms with Crippen LogP contribution in [0.2, 0.25) is 0 Å². The monoisotopic (exact) mass is 259 g/mol. The van der Waals surface area contributed by atoms with Gasteiger partial charge in [-0.25, -0.2) is 4.98 Å². The van der Waals surface area contributed by atoms with E-state index in [0.717, 1.165) is 0 Å². The van der Waals surface area contributed by atoms with E-state index in [1.54, 1.807) is 0 Å². The minimum absolute atomic E-state index is 0.191. The maximum atomic E-state index is 12.8. The van der Waals surface area contributed by atoms with Crippen LogP contribution in [0.5, 0.6) is 5.75 Å². The molecular weight excluding hydrogens is 254 g/mol. The lowest BCUT2D eigenvalue weighted by atomic mass is 10.2. The highest BCUT2D eigenvalue weighted by Crippen LogP contribution is 2.29. The van der Waals surface area contributed by atoms with Crippen LogP contribution in [0.25, 0.3) is 0 Å². The highest BCUT2D eigenvalue weighted by Gasteiger charge is 2.33. The Kier molecular flexibility index (Phi) is 3.93. The number of alkyl halides is 4. The van der Waals surface area contributed by atoms with Gasteiger partial charge in [0, 0.05) is 11.6 Å². The number of rotatable bonds is 3. The number of aromatic nitrogens is 1. The van der Waals surface area contributed by atoms with Gasteiger partial charge in [0.1, 0.15) is 5.75 Å². The smallest absolute Gasteiger partial charge is 0.405 e. The molecule has 0 saturated heterocycles. The number of aliphatic hydroxyl groups excluding tert-OH is 1. The Bertz CT molecular complexity index is 383. The van der Waals surface area contributed by atoms with E-state index in [4.69, 9.17) is 16.7 Å². The summed E-state index contributed by atoms with van der Waals surface area (Å²) < 4.78 is 52.2. The highest BCUT2D eigenvalue weighted by atomic mass is 35.5. The Hall–Kier alpha value is -1.08. The number of aliphatic hydroxyl groups is 1. The van der Waals surface area contributed by atoms with Crippen LogP contribution in [0.15, 0.2) is 6.07 Å². The lowest BCUT2D eigenvalue weighted by Crippen LogP contribution is -2.19. The molecule has 1 aromatic heterocycles. The van der Waals surface area contributed by atoms with Gasteiger partial charge >= 0.3 is 6.36 Å². The van der Waals surface area contributed by atoms with E-state index in [1.165, 1.54) is 0 Å². The lowest BCUT2D eigenvalue weighted by molar-refractivity contribution is -0.275. The standard InChI is InChI=1S/C8H6ClF4NO2/c9-2-5-4(3-15)6(1-7(10)14-5)16-8(11,12)13/h1,15H,2-3H2. The van der Waals surface area contributed by atoms with Gasteiger partial charge in [0.25, 0.3) is 0 Å². The lowest BCUT2D eigenvalue weighted by Gasteiger charge is -2.13. The first kappa shape index (κ1) is 13.0. The molecule has 90 valence electrons. The molecule has 16 heavy (non-hydrogen) atoms. The first-order valence-corrected chi connectivity index (χ1v) is 4.51. The zero-order valence-corrected chi connectivity index (χ0v) is 8.44. The molecule has 0 aliphatic heterocycles. The maximum absolute atomic E-state index is 12.8. The summed E-state index contributed by atoms with van der Waals surface area (Å²) in [7, 11) is 0. The van der Waals surface area contributed by atoms with Crippen LogP contribution in [-0.2, 0) is 12.5 Å². The Morgan fingerprint density at radius 1 is 1.44 bits per heavy atom. The third-order valence-corrected chi connectivity index (χ3v) is 1.90. The number of hydrogen-bond donors (Lipinski definition) is 1. The normalized spacial score (nSPS) is 11.6. The molecule has 0 aromatic carbocycles. The third kappa shape index (κ3) is 3.21. The van der Waals surface area contributed by atoms with Gasteiger partial charge in [0.15, 0.2) is 0 Å². The zero-order valence-electron chi connectivity index (χ0n) is 7.68. The quantitative estimate of drug-likeness (QED) is 0.515. The Morgan fingerprint density at radius 3 is 2.50 bits per heavy atom. The van der Waals surface area contributed by atoms with Crippen molar-refractivity contribution in [1.82, 2.24) is 4.98 Å². The summed E-state index contributed by atoms with van der Waals surface area (Å²) in [5.41, 5.74) is -0.475. The number of ether oxygens (including phenoxy) is 1. The van der Waals surface area contributed by atoms with Gasteiger partial charge < -0.3 is 9.84 Å². The van der Waals surface area contributed by atoms with Crippen LogP contribution in [0.1, 0.15) is 11.3 Å². The first-order valence-electron chi connectivity index (χ1n) is 3.98. The number of halogens is 5. The molecule has 0 amide bonds. The van der Waals surface area contributed by atoms with Gasteiger partial charge in [-0.2, -0.15) is 4.39 Å². The Morgan fingerprint density at radius 2 is 2.06 bits per heavy atom. The van der Waals surface area contributed by atoms with E-state index in [9.17, 15) is 17.6 Å². The van der Waals surface area contributed by atoms with E-state index in [2.05, 4.69) is 9.72 Å². The number of nitrogens with zero attached hydrogens (tertiary/aromatic N) is 1. The highest BCUT2D eigenvalue weighted by molar-refractivity contribution is 6.17. The summed E-state index contributed by atoms with van der Waals surface area (Å²) in [6.07, 6.45) is -4.97. The van der Waals surface area contributed by atoms with Crippen LogP contribution in [0.3, 0.4) is 0 Å². The van der Waals surface area contributed by atoms with Gasteiger partial charge in [-0.15, -0.1) is 24.8 Å². The molecule has 0 aliphatic rings. The molecule has 0 fully saturated rings. The molecule has 1 heterocycles. The number of hydrogen-bond acceptors (Lipinski definition) is 3. The molecule has 3 nitrogen and oxygen atoms in total. The average Bonchev–Trinajstić information content (AvgIpc) is 2.14. The van der Waals surface area contributed by atoms with Crippen LogP contribution in [0, 0.1) is 5.95 Å². The van der Waals surface area contributed by atoms with Crippen molar-refractivity contribution < 1.29 is 27.4 Å². The van der Waals surface area contributed by atoms with E-state index >= 15 is 0 Å². The zero-order chi connectivity index (χ0) is 12.3. The van der Waals surface area contributed by atoms with Crippen molar-refractivity contribution in [3.05, 3.63) is 23.3 Å². The fourth-order valence-corrected chi connectivity index (χ4v) is 1.28. The maximum Gasteiger partial charge on any atom is 0.573 e. The van der Waals surface area contributed by atoms with Gasteiger partial charge in [-0.3, -0.25) is 0 Å². The topological polar surface area (TPSA) is 42.4 Å². The molecule has 0 bridgehead atoms. The minimum Gasteiger partial charge on any atom is -0.405 e. The SMILES string of the molecule is OCc1c(OC(F)(F)F)cc(F)nc1CCl. The molecule has 0 aliphatic carbocycles. The molecule has 1 rings (SSSR count). The summed E-state index contributed by atoms with van der Waals surface area (Å²) >= 11 is 5.35. The molecule has 0 radical (unpaired) electrons. The van der Waals surface area contributed by atoms with Gasteiger partial charge in [-0.05, 0) is 0 Å². The third-order valence-electron chi connectivity index (χ3n) is 1.65. The Balaban J connectivity index is 3.20. The molecule has 1 N–H and O–H groups in total. The molecule has 8 heteroatoms. The largest absolute Gasteiger partial charge is 0.573 e. The van der Waals surface area contributed by atoms with Gasteiger partial charge in [0.05, 0.1) is 18.2 Å². The summed E-state index contributed by atoms with van der Waals surface area (Å²) in [5, 5.41) is 8.85. The predicted octanol–water partition coefficient (Wildman–Crippen LogP) is 2.35. The van der Waals surface area contributed by atoms with Crippen molar-refractivity contribution in [1.29, 1.82) is 0 Å². The van der Waals surface area contributed by atoms with E-state index < -0.39 is 24.7 Å². The van der Waals surface area contributed by atoms with E-state index in [-0.39, 0.29) is 17.1 Å². The molecule has 0 atom stereocenters. The molecule has 0 saturated carbocycles. The number of pyridine rings is 1. The molecule has 0 unspecified atom stereocenters. The molecule has 1 aromatic rings. The fraction of sp³-hybridized carbons (Fsp3) is 0.375. The summed E-state index contributed by atoms with van der Waals surface area (Å²) in [4.78, 5) is 3.25. The van der Waals surface area contributed by atoms with Crippen LogP contribution in [-0.4, -0.2) is 16.5 Å². The van der Waals surface area contributed by atoms with Crippen LogP contribution < -0.4 is 4.74 Å². The van der Waals surface area contributed by atoms with Gasteiger partial charge in [0.2, 0.25) is 5.95 Å². The minimum atomic E-state index is -4.97. The summed E-state index contributed by atoms with van der Waals surface area (Å²) in [6, 6.07) is 0.440. The fourth-order valence-electron chi connectivity index (χ4n) is 1.06. The van der Waals surface area contributed by atoms with Crippen molar-refractivity contribution in [2.75, 3.05) is 0 Å². The van der Waals surface area contributed by atoms with E-state index in [0.29, 0.717) is 6.07 Å². The first-order chi connectivity index (χ1) is 7.37. The van der Waals surface area contributed by atoms with Crippen molar-refractivity contribution in [2.24, 2.45) is 0 Å². The Labute approximate surface area is 92.6 Å².